The number of halogens is 3. The van der Waals surface area contributed by atoms with Crippen LogP contribution in [-0.4, -0.2) is 6.18 Å². The fourth-order valence-corrected chi connectivity index (χ4v) is 0.640. The van der Waals surface area contributed by atoms with Crippen molar-refractivity contribution in [2.24, 2.45) is 0 Å². The third kappa shape index (κ3) is 3.86. The smallest absolute Gasteiger partial charge is 0.166 e. The zero-order valence-electron chi connectivity index (χ0n) is 6.79. The Kier molecular flexibility index (Phi) is 3.36. The van der Waals surface area contributed by atoms with E-state index in [1.165, 1.54) is 6.92 Å². The molecule has 0 aliphatic carbocycles. The van der Waals surface area contributed by atoms with Crippen LogP contribution < -0.4 is 0 Å². The highest BCUT2D eigenvalue weighted by Crippen LogP contribution is 2.26. The van der Waals surface area contributed by atoms with Gasteiger partial charge in [-0.3, -0.25) is 0 Å². The lowest BCUT2D eigenvalue weighted by Crippen LogP contribution is -2.09. The lowest BCUT2D eigenvalue weighted by atomic mass is 10.2. The highest BCUT2D eigenvalue weighted by molar-refractivity contribution is 5.25. The first-order valence-electron chi connectivity index (χ1n) is 3.26. The maximum atomic E-state index is 12.0. The molecule has 0 rings (SSSR count). The highest BCUT2D eigenvalue weighted by Gasteiger charge is 2.30. The molecule has 0 aliphatic heterocycles. The molecule has 0 aromatic rings. The minimum Gasteiger partial charge on any atom is -0.166 e. The van der Waals surface area contributed by atoms with Gasteiger partial charge in [0.1, 0.15) is 0 Å². The normalized spacial score (nSPS) is 13.1. The Morgan fingerprint density at radius 2 is 1.64 bits per heavy atom. The zero-order chi connectivity index (χ0) is 9.07. The molecule has 64 valence electrons. The molecule has 0 saturated carbocycles. The quantitative estimate of drug-likeness (QED) is 0.520. The molecule has 0 N–H and O–H groups in total. The third-order valence-electron chi connectivity index (χ3n) is 1.08. The third-order valence-corrected chi connectivity index (χ3v) is 1.08. The second-order valence-corrected chi connectivity index (χ2v) is 2.46. The number of rotatable bonds is 1. The minimum atomic E-state index is -4.22. The van der Waals surface area contributed by atoms with Gasteiger partial charge in [0.2, 0.25) is 0 Å². The zero-order valence-corrected chi connectivity index (χ0v) is 6.79. The van der Waals surface area contributed by atoms with Gasteiger partial charge in [-0.1, -0.05) is 17.7 Å². The number of hydrogen-bond acceptors (Lipinski definition) is 0. The molecule has 11 heavy (non-hydrogen) atoms. The number of alkyl halides is 3. The first-order chi connectivity index (χ1) is 4.88. The largest absolute Gasteiger partial charge is 0.416 e. The van der Waals surface area contributed by atoms with Crippen LogP contribution in [0.5, 0.6) is 0 Å². The van der Waals surface area contributed by atoms with Crippen molar-refractivity contribution in [2.75, 3.05) is 0 Å². The number of hydrogen-bond donors (Lipinski definition) is 0. The van der Waals surface area contributed by atoms with E-state index in [0.29, 0.717) is 5.57 Å². The summed E-state index contributed by atoms with van der Waals surface area (Å²) in [4.78, 5) is 0. The van der Waals surface area contributed by atoms with Gasteiger partial charge < -0.3 is 0 Å². The molecule has 0 atom stereocenters. The molecule has 3 heteroatoms. The van der Waals surface area contributed by atoms with Crippen LogP contribution in [0.1, 0.15) is 20.8 Å². The van der Waals surface area contributed by atoms with Gasteiger partial charge in [-0.15, -0.1) is 0 Å². The van der Waals surface area contributed by atoms with Gasteiger partial charge in [-0.25, -0.2) is 0 Å². The molecule has 0 heterocycles. The molecule has 0 spiro atoms. The van der Waals surface area contributed by atoms with E-state index in [2.05, 4.69) is 0 Å². The summed E-state index contributed by atoms with van der Waals surface area (Å²) in [5.41, 5.74) is 0.0629. The summed E-state index contributed by atoms with van der Waals surface area (Å²) in [7, 11) is 0. The molecule has 0 aromatic carbocycles. The summed E-state index contributed by atoms with van der Waals surface area (Å²) in [5, 5.41) is 0. The molecule has 0 unspecified atom stereocenters. The van der Waals surface area contributed by atoms with Crippen LogP contribution in [-0.2, 0) is 0 Å². The maximum absolute atomic E-state index is 12.0. The summed E-state index contributed by atoms with van der Waals surface area (Å²) in [6, 6.07) is 0. The maximum Gasteiger partial charge on any atom is 0.416 e. The van der Waals surface area contributed by atoms with Crippen LogP contribution >= 0.6 is 0 Å². The van der Waals surface area contributed by atoms with Crippen molar-refractivity contribution in [3.63, 3.8) is 0 Å². The molecule has 0 nitrogen and oxygen atoms in total. The van der Waals surface area contributed by atoms with Gasteiger partial charge >= 0.3 is 6.18 Å². The first-order valence-corrected chi connectivity index (χ1v) is 3.26. The SMILES string of the molecule is CC=C(C=C(C)C)C(F)(F)F. The van der Waals surface area contributed by atoms with E-state index in [-0.39, 0.29) is 0 Å². The molecular weight excluding hydrogens is 153 g/mol. The number of allylic oxidation sites excluding steroid dienone is 4. The fraction of sp³-hybridized carbons (Fsp3) is 0.500. The van der Waals surface area contributed by atoms with Crippen LogP contribution in [0, 0.1) is 0 Å². The Hall–Kier alpha value is -0.730. The van der Waals surface area contributed by atoms with Crippen LogP contribution in [0.4, 0.5) is 13.2 Å². The Morgan fingerprint density at radius 1 is 1.18 bits per heavy atom. The molecule has 0 aromatic heterocycles. The van der Waals surface area contributed by atoms with Crippen LogP contribution in [0.3, 0.4) is 0 Å². The van der Waals surface area contributed by atoms with Crippen molar-refractivity contribution in [2.45, 2.75) is 26.9 Å². The van der Waals surface area contributed by atoms with Crippen molar-refractivity contribution in [3.8, 4) is 0 Å². The van der Waals surface area contributed by atoms with Crippen LogP contribution in [0.15, 0.2) is 23.3 Å². The van der Waals surface area contributed by atoms with Gasteiger partial charge in [-0.2, -0.15) is 13.2 Å². The predicted molar refractivity (Wildman–Crippen MR) is 39.2 cm³/mol. The average molecular weight is 164 g/mol. The van der Waals surface area contributed by atoms with Crippen molar-refractivity contribution in [3.05, 3.63) is 23.3 Å². The van der Waals surface area contributed by atoms with Crippen molar-refractivity contribution < 1.29 is 13.2 Å². The van der Waals surface area contributed by atoms with Gasteiger partial charge in [0, 0.05) is 0 Å². The molecule has 0 saturated heterocycles. The fourth-order valence-electron chi connectivity index (χ4n) is 0.640. The van der Waals surface area contributed by atoms with Gasteiger partial charge in [0.05, 0.1) is 5.57 Å². The van der Waals surface area contributed by atoms with Crippen molar-refractivity contribution in [1.29, 1.82) is 0 Å². The van der Waals surface area contributed by atoms with Crippen LogP contribution in [0.2, 0.25) is 0 Å². The average Bonchev–Trinajstić information content (AvgIpc) is 1.79. The summed E-state index contributed by atoms with van der Waals surface area (Å²) in [6.07, 6.45) is -2.03. The van der Waals surface area contributed by atoms with E-state index in [9.17, 15) is 13.2 Å². The molecule has 0 amide bonds. The van der Waals surface area contributed by atoms with E-state index in [1.54, 1.807) is 13.8 Å². The predicted octanol–water partition coefficient (Wildman–Crippen LogP) is 3.46. The van der Waals surface area contributed by atoms with E-state index in [1.807, 2.05) is 0 Å². The van der Waals surface area contributed by atoms with Crippen molar-refractivity contribution >= 4 is 0 Å². The summed E-state index contributed by atoms with van der Waals surface area (Å²) in [5.74, 6) is 0. The van der Waals surface area contributed by atoms with E-state index < -0.39 is 11.7 Å². The van der Waals surface area contributed by atoms with E-state index in [4.69, 9.17) is 0 Å². The van der Waals surface area contributed by atoms with Gasteiger partial charge in [-0.05, 0) is 20.8 Å². The molecule has 0 fully saturated rings. The minimum absolute atomic E-state index is 0.586. The Morgan fingerprint density at radius 3 is 1.73 bits per heavy atom. The highest BCUT2D eigenvalue weighted by atomic mass is 19.4. The first kappa shape index (κ1) is 10.3. The lowest BCUT2D eigenvalue weighted by molar-refractivity contribution is -0.0883. The topological polar surface area (TPSA) is 0 Å². The van der Waals surface area contributed by atoms with E-state index >= 15 is 0 Å². The standard InChI is InChI=1S/C8H11F3/c1-4-7(5-6(2)3)8(9,10)11/h4-5H,1-3H3. The van der Waals surface area contributed by atoms with Gasteiger partial charge in [0.25, 0.3) is 0 Å². The summed E-state index contributed by atoms with van der Waals surface area (Å²) >= 11 is 0. The van der Waals surface area contributed by atoms with Gasteiger partial charge in [0.15, 0.2) is 0 Å². The van der Waals surface area contributed by atoms with E-state index in [0.717, 1.165) is 12.2 Å². The van der Waals surface area contributed by atoms with Crippen molar-refractivity contribution in [1.82, 2.24) is 0 Å². The lowest BCUT2D eigenvalue weighted by Gasteiger charge is -2.06. The molecular formula is C8H11F3. The second-order valence-electron chi connectivity index (χ2n) is 2.46. The summed E-state index contributed by atoms with van der Waals surface area (Å²) in [6.45, 7) is 4.65. The van der Waals surface area contributed by atoms with Crippen LogP contribution in [0.25, 0.3) is 0 Å². The molecule has 0 aliphatic rings. The molecule has 0 bridgehead atoms. The summed E-state index contributed by atoms with van der Waals surface area (Å²) < 4.78 is 35.9. The Labute approximate surface area is 64.4 Å². The molecule has 0 radical (unpaired) electrons. The second kappa shape index (κ2) is 3.60. The Bertz CT molecular complexity index is 180. The Balaban J connectivity index is 4.60. The monoisotopic (exact) mass is 164 g/mol.